The fraction of sp³-hybridized carbons (Fsp3) is 0.462. The van der Waals surface area contributed by atoms with Crippen LogP contribution >= 0.6 is 0 Å². The Morgan fingerprint density at radius 1 is 1.41 bits per heavy atom. The van der Waals surface area contributed by atoms with Crippen LogP contribution in [-0.4, -0.2) is 28.8 Å². The maximum Gasteiger partial charge on any atom is 0.251 e. The van der Waals surface area contributed by atoms with Crippen molar-refractivity contribution in [1.82, 2.24) is 5.32 Å². The van der Waals surface area contributed by atoms with Gasteiger partial charge in [-0.1, -0.05) is 12.5 Å². The number of rotatable bonds is 3. The van der Waals surface area contributed by atoms with Crippen LogP contribution < -0.4 is 5.32 Å². The molecule has 17 heavy (non-hydrogen) atoms. The molecule has 1 aliphatic carbocycles. The highest BCUT2D eigenvalue weighted by molar-refractivity contribution is 5.94. The fourth-order valence-electron chi connectivity index (χ4n) is 2.23. The lowest BCUT2D eigenvalue weighted by atomic mass is 10.1. The number of nitrogens with one attached hydrogen (secondary N) is 1. The van der Waals surface area contributed by atoms with Crippen molar-refractivity contribution in [3.63, 3.8) is 0 Å². The monoisotopic (exact) mass is 235 g/mol. The maximum absolute atomic E-state index is 11.8. The van der Waals surface area contributed by atoms with E-state index in [9.17, 15) is 15.0 Å². The predicted octanol–water partition coefficient (Wildman–Crippen LogP) is 1.28. The van der Waals surface area contributed by atoms with E-state index in [0.29, 0.717) is 12.1 Å². The van der Waals surface area contributed by atoms with Crippen molar-refractivity contribution < 1.29 is 15.0 Å². The van der Waals surface area contributed by atoms with Crippen LogP contribution in [0.4, 0.5) is 0 Å². The molecule has 2 unspecified atom stereocenters. The molecule has 4 nitrogen and oxygen atoms in total. The molecule has 0 aromatic heterocycles. The lowest BCUT2D eigenvalue weighted by Crippen LogP contribution is -2.32. The van der Waals surface area contributed by atoms with Crippen molar-refractivity contribution in [3.05, 3.63) is 29.8 Å². The molecule has 1 fully saturated rings. The van der Waals surface area contributed by atoms with Crippen LogP contribution in [0.25, 0.3) is 0 Å². The van der Waals surface area contributed by atoms with E-state index in [4.69, 9.17) is 0 Å². The summed E-state index contributed by atoms with van der Waals surface area (Å²) in [5.74, 6) is 0.0369. The molecule has 3 N–H and O–H groups in total. The van der Waals surface area contributed by atoms with Gasteiger partial charge < -0.3 is 15.5 Å². The minimum atomic E-state index is -0.292. The number of carbonyl (C=O) groups is 1. The molecule has 92 valence electrons. The quantitative estimate of drug-likeness (QED) is 0.739. The Kier molecular flexibility index (Phi) is 3.64. The topological polar surface area (TPSA) is 69.6 Å². The van der Waals surface area contributed by atoms with Crippen molar-refractivity contribution in [2.45, 2.75) is 25.4 Å². The van der Waals surface area contributed by atoms with Crippen LogP contribution in [0.3, 0.4) is 0 Å². The molecule has 0 radical (unpaired) electrons. The van der Waals surface area contributed by atoms with Gasteiger partial charge in [-0.25, -0.2) is 0 Å². The Labute approximate surface area is 100 Å². The third kappa shape index (κ3) is 2.97. The maximum atomic E-state index is 11.8. The molecule has 1 amide bonds. The molecule has 0 saturated heterocycles. The second-order valence-electron chi connectivity index (χ2n) is 4.52. The van der Waals surface area contributed by atoms with Crippen LogP contribution in [-0.2, 0) is 0 Å². The average molecular weight is 235 g/mol. The summed E-state index contributed by atoms with van der Waals surface area (Å²) in [7, 11) is 0. The van der Waals surface area contributed by atoms with E-state index >= 15 is 0 Å². The van der Waals surface area contributed by atoms with Crippen LogP contribution in [0.15, 0.2) is 24.3 Å². The second-order valence-corrected chi connectivity index (χ2v) is 4.52. The van der Waals surface area contributed by atoms with Crippen molar-refractivity contribution in [2.24, 2.45) is 5.92 Å². The van der Waals surface area contributed by atoms with Gasteiger partial charge in [0.25, 0.3) is 5.91 Å². The molecule has 0 bridgehead atoms. The number of carbonyl (C=O) groups excluding carboxylic acids is 1. The lowest BCUT2D eigenvalue weighted by Gasteiger charge is -2.15. The molecule has 0 aliphatic heterocycles. The first kappa shape index (κ1) is 11.9. The Hall–Kier alpha value is -1.55. The number of hydrogen-bond acceptors (Lipinski definition) is 3. The van der Waals surface area contributed by atoms with Gasteiger partial charge in [0.2, 0.25) is 0 Å². The van der Waals surface area contributed by atoms with Crippen LogP contribution in [0.2, 0.25) is 0 Å². The standard InChI is InChI=1S/C13H17NO3/c15-11-5-1-3-9(7-11)13(17)14-8-10-4-2-6-12(10)16/h1,3,5,7,10,12,15-16H,2,4,6,8H2,(H,14,17). The number of phenols is 1. The van der Waals surface area contributed by atoms with Gasteiger partial charge >= 0.3 is 0 Å². The zero-order valence-corrected chi connectivity index (χ0v) is 9.60. The zero-order chi connectivity index (χ0) is 12.3. The molecule has 2 atom stereocenters. The smallest absolute Gasteiger partial charge is 0.251 e. The molecular weight excluding hydrogens is 218 g/mol. The summed E-state index contributed by atoms with van der Waals surface area (Å²) in [4.78, 5) is 11.8. The fourth-order valence-corrected chi connectivity index (χ4v) is 2.23. The Balaban J connectivity index is 1.89. The number of aliphatic hydroxyl groups is 1. The summed E-state index contributed by atoms with van der Waals surface area (Å²) in [5.41, 5.74) is 0.442. The summed E-state index contributed by atoms with van der Waals surface area (Å²) < 4.78 is 0. The molecular formula is C13H17NO3. The van der Waals surface area contributed by atoms with Gasteiger partial charge in [-0.3, -0.25) is 4.79 Å². The zero-order valence-electron chi connectivity index (χ0n) is 9.60. The minimum Gasteiger partial charge on any atom is -0.508 e. The molecule has 0 spiro atoms. The van der Waals surface area contributed by atoms with Gasteiger partial charge in [0.05, 0.1) is 6.10 Å². The van der Waals surface area contributed by atoms with Gasteiger partial charge in [-0.15, -0.1) is 0 Å². The van der Waals surface area contributed by atoms with Gasteiger partial charge in [0.15, 0.2) is 0 Å². The first-order valence-corrected chi connectivity index (χ1v) is 5.92. The van der Waals surface area contributed by atoms with Crippen molar-refractivity contribution in [1.29, 1.82) is 0 Å². The number of hydrogen-bond donors (Lipinski definition) is 3. The minimum absolute atomic E-state index is 0.0820. The van der Waals surface area contributed by atoms with Crippen molar-refractivity contribution in [3.8, 4) is 5.75 Å². The highest BCUT2D eigenvalue weighted by atomic mass is 16.3. The highest BCUT2D eigenvalue weighted by Gasteiger charge is 2.25. The van der Waals surface area contributed by atoms with E-state index in [1.165, 1.54) is 12.1 Å². The van der Waals surface area contributed by atoms with Gasteiger partial charge in [0.1, 0.15) is 5.75 Å². The summed E-state index contributed by atoms with van der Waals surface area (Å²) in [6, 6.07) is 6.24. The first-order chi connectivity index (χ1) is 8.16. The SMILES string of the molecule is O=C(NCC1CCCC1O)c1cccc(O)c1. The summed E-state index contributed by atoms with van der Waals surface area (Å²) in [6.07, 6.45) is 2.52. The van der Waals surface area contributed by atoms with E-state index in [0.717, 1.165) is 19.3 Å². The van der Waals surface area contributed by atoms with E-state index in [1.807, 2.05) is 0 Å². The highest BCUT2D eigenvalue weighted by Crippen LogP contribution is 2.24. The van der Waals surface area contributed by atoms with E-state index in [2.05, 4.69) is 5.32 Å². The Morgan fingerprint density at radius 3 is 2.88 bits per heavy atom. The molecule has 1 aromatic rings. The van der Waals surface area contributed by atoms with Gasteiger partial charge in [0, 0.05) is 18.0 Å². The van der Waals surface area contributed by atoms with Crippen LogP contribution in [0, 0.1) is 5.92 Å². The number of benzene rings is 1. The normalized spacial score (nSPS) is 23.6. The predicted molar refractivity (Wildman–Crippen MR) is 63.8 cm³/mol. The average Bonchev–Trinajstić information content (AvgIpc) is 2.72. The largest absolute Gasteiger partial charge is 0.508 e. The molecule has 2 rings (SSSR count). The summed E-state index contributed by atoms with van der Waals surface area (Å²) in [6.45, 7) is 0.496. The first-order valence-electron chi connectivity index (χ1n) is 5.92. The number of aromatic hydroxyl groups is 1. The summed E-state index contributed by atoms with van der Waals surface area (Å²) in [5, 5.41) is 21.7. The van der Waals surface area contributed by atoms with Gasteiger partial charge in [-0.2, -0.15) is 0 Å². The Morgan fingerprint density at radius 2 is 2.24 bits per heavy atom. The lowest BCUT2D eigenvalue weighted by molar-refractivity contribution is 0.0916. The van der Waals surface area contributed by atoms with E-state index in [1.54, 1.807) is 12.1 Å². The van der Waals surface area contributed by atoms with Gasteiger partial charge in [-0.05, 0) is 31.0 Å². The van der Waals surface area contributed by atoms with Crippen molar-refractivity contribution in [2.75, 3.05) is 6.54 Å². The number of phenolic OH excluding ortho intramolecular Hbond substituents is 1. The Bertz CT molecular complexity index is 405. The summed E-state index contributed by atoms with van der Waals surface area (Å²) >= 11 is 0. The molecule has 0 heterocycles. The third-order valence-electron chi connectivity index (χ3n) is 3.25. The number of amides is 1. The molecule has 1 aromatic carbocycles. The molecule has 4 heteroatoms. The third-order valence-corrected chi connectivity index (χ3v) is 3.25. The van der Waals surface area contributed by atoms with Crippen molar-refractivity contribution >= 4 is 5.91 Å². The second kappa shape index (κ2) is 5.19. The van der Waals surface area contributed by atoms with E-state index < -0.39 is 0 Å². The molecule has 1 aliphatic rings. The number of aliphatic hydroxyl groups excluding tert-OH is 1. The molecule has 1 saturated carbocycles. The van der Waals surface area contributed by atoms with Crippen LogP contribution in [0.1, 0.15) is 29.6 Å². The van der Waals surface area contributed by atoms with Crippen LogP contribution in [0.5, 0.6) is 5.75 Å². The van der Waals surface area contributed by atoms with E-state index in [-0.39, 0.29) is 23.7 Å².